The summed E-state index contributed by atoms with van der Waals surface area (Å²) >= 11 is 3.39. The standard InChI is InChI=1S/C12H15BrO2/c1-3-4-11(14)8-9-7-10(13)5-6-12(9)15-2/h5-7H,3-4,8H2,1-2H3. The molecular formula is C12H15BrO2. The maximum absolute atomic E-state index is 11.5. The van der Waals surface area contributed by atoms with Crippen molar-refractivity contribution in [1.29, 1.82) is 0 Å². The first-order chi connectivity index (χ1) is 7.17. The monoisotopic (exact) mass is 270 g/mol. The second-order valence-corrected chi connectivity index (χ2v) is 4.34. The van der Waals surface area contributed by atoms with Crippen molar-refractivity contribution in [2.75, 3.05) is 7.11 Å². The molecule has 15 heavy (non-hydrogen) atoms. The van der Waals surface area contributed by atoms with Gasteiger partial charge in [-0.3, -0.25) is 4.79 Å². The van der Waals surface area contributed by atoms with Crippen LogP contribution in [0.15, 0.2) is 22.7 Å². The summed E-state index contributed by atoms with van der Waals surface area (Å²) in [7, 11) is 1.62. The molecule has 82 valence electrons. The van der Waals surface area contributed by atoms with Gasteiger partial charge in [-0.15, -0.1) is 0 Å². The van der Waals surface area contributed by atoms with Gasteiger partial charge in [-0.05, 0) is 24.6 Å². The van der Waals surface area contributed by atoms with E-state index < -0.39 is 0 Å². The zero-order valence-electron chi connectivity index (χ0n) is 9.05. The topological polar surface area (TPSA) is 26.3 Å². The first-order valence-corrected chi connectivity index (χ1v) is 5.80. The number of hydrogen-bond donors (Lipinski definition) is 0. The highest BCUT2D eigenvalue weighted by molar-refractivity contribution is 9.10. The normalized spacial score (nSPS) is 10.1. The second kappa shape index (κ2) is 5.91. The smallest absolute Gasteiger partial charge is 0.137 e. The molecule has 0 aliphatic heterocycles. The van der Waals surface area contributed by atoms with Gasteiger partial charge in [0, 0.05) is 22.9 Å². The molecule has 0 aliphatic rings. The Hall–Kier alpha value is -0.830. The van der Waals surface area contributed by atoms with Crippen LogP contribution >= 0.6 is 15.9 Å². The molecule has 0 fully saturated rings. The number of ether oxygens (including phenoxy) is 1. The first-order valence-electron chi connectivity index (χ1n) is 5.01. The Morgan fingerprint density at radius 3 is 2.80 bits per heavy atom. The molecule has 0 N–H and O–H groups in total. The number of ketones is 1. The third kappa shape index (κ3) is 3.67. The van der Waals surface area contributed by atoms with E-state index in [1.807, 2.05) is 25.1 Å². The maximum atomic E-state index is 11.5. The molecule has 0 atom stereocenters. The van der Waals surface area contributed by atoms with Crippen molar-refractivity contribution in [2.45, 2.75) is 26.2 Å². The molecule has 0 saturated heterocycles. The van der Waals surface area contributed by atoms with Crippen molar-refractivity contribution in [1.82, 2.24) is 0 Å². The molecule has 1 aromatic carbocycles. The van der Waals surface area contributed by atoms with Gasteiger partial charge in [0.25, 0.3) is 0 Å². The molecule has 0 amide bonds. The predicted molar refractivity (Wildman–Crippen MR) is 64.3 cm³/mol. The van der Waals surface area contributed by atoms with Gasteiger partial charge >= 0.3 is 0 Å². The highest BCUT2D eigenvalue weighted by Crippen LogP contribution is 2.23. The van der Waals surface area contributed by atoms with Gasteiger partial charge in [-0.1, -0.05) is 22.9 Å². The van der Waals surface area contributed by atoms with Crippen LogP contribution in [0.4, 0.5) is 0 Å². The summed E-state index contributed by atoms with van der Waals surface area (Å²) in [5.41, 5.74) is 0.949. The minimum absolute atomic E-state index is 0.258. The van der Waals surface area contributed by atoms with E-state index in [2.05, 4.69) is 15.9 Å². The minimum Gasteiger partial charge on any atom is -0.496 e. The van der Waals surface area contributed by atoms with E-state index >= 15 is 0 Å². The van der Waals surface area contributed by atoms with Crippen LogP contribution in [0.2, 0.25) is 0 Å². The summed E-state index contributed by atoms with van der Waals surface area (Å²) in [6.07, 6.45) is 1.99. The lowest BCUT2D eigenvalue weighted by Gasteiger charge is -2.07. The van der Waals surface area contributed by atoms with E-state index in [-0.39, 0.29) is 5.78 Å². The maximum Gasteiger partial charge on any atom is 0.137 e. The molecule has 0 spiro atoms. The second-order valence-electron chi connectivity index (χ2n) is 3.42. The van der Waals surface area contributed by atoms with Crippen LogP contribution in [0.1, 0.15) is 25.3 Å². The Kier molecular flexibility index (Phi) is 4.82. The first kappa shape index (κ1) is 12.2. The Balaban J connectivity index is 2.82. The third-order valence-electron chi connectivity index (χ3n) is 2.16. The van der Waals surface area contributed by atoms with Gasteiger partial charge in [-0.25, -0.2) is 0 Å². The fraction of sp³-hybridized carbons (Fsp3) is 0.417. The lowest BCUT2D eigenvalue weighted by atomic mass is 10.1. The van der Waals surface area contributed by atoms with E-state index in [0.717, 1.165) is 22.2 Å². The van der Waals surface area contributed by atoms with Crippen LogP contribution in [-0.4, -0.2) is 12.9 Å². The van der Waals surface area contributed by atoms with Crippen LogP contribution in [0.5, 0.6) is 5.75 Å². The third-order valence-corrected chi connectivity index (χ3v) is 2.65. The lowest BCUT2D eigenvalue weighted by molar-refractivity contribution is -0.118. The van der Waals surface area contributed by atoms with Crippen molar-refractivity contribution >= 4 is 21.7 Å². The fourth-order valence-corrected chi connectivity index (χ4v) is 1.87. The highest BCUT2D eigenvalue weighted by atomic mass is 79.9. The van der Waals surface area contributed by atoms with Crippen LogP contribution < -0.4 is 4.74 Å². The SMILES string of the molecule is CCCC(=O)Cc1cc(Br)ccc1OC. The van der Waals surface area contributed by atoms with E-state index in [1.165, 1.54) is 0 Å². The molecule has 0 unspecified atom stereocenters. The number of benzene rings is 1. The molecule has 0 bridgehead atoms. The minimum atomic E-state index is 0.258. The van der Waals surface area contributed by atoms with Gasteiger partial charge in [0.05, 0.1) is 7.11 Å². The number of carbonyl (C=O) groups is 1. The zero-order valence-corrected chi connectivity index (χ0v) is 10.6. The molecule has 0 aliphatic carbocycles. The average Bonchev–Trinajstić information content (AvgIpc) is 2.18. The number of methoxy groups -OCH3 is 1. The summed E-state index contributed by atoms with van der Waals surface area (Å²) in [4.78, 5) is 11.5. The summed E-state index contributed by atoms with van der Waals surface area (Å²) in [6, 6.07) is 5.72. The summed E-state index contributed by atoms with van der Waals surface area (Å²) < 4.78 is 6.18. The molecule has 0 aromatic heterocycles. The molecular weight excluding hydrogens is 256 g/mol. The van der Waals surface area contributed by atoms with Gasteiger partial charge in [0.15, 0.2) is 0 Å². The average molecular weight is 271 g/mol. The molecule has 0 saturated carbocycles. The Morgan fingerprint density at radius 1 is 1.47 bits per heavy atom. The molecule has 0 heterocycles. The van der Waals surface area contributed by atoms with Crippen LogP contribution in [0.25, 0.3) is 0 Å². The number of halogens is 1. The Morgan fingerprint density at radius 2 is 2.20 bits per heavy atom. The van der Waals surface area contributed by atoms with Crippen molar-refractivity contribution in [3.63, 3.8) is 0 Å². The van der Waals surface area contributed by atoms with Crippen molar-refractivity contribution < 1.29 is 9.53 Å². The lowest BCUT2D eigenvalue weighted by Crippen LogP contribution is -2.03. The molecule has 1 aromatic rings. The zero-order chi connectivity index (χ0) is 11.3. The van der Waals surface area contributed by atoms with Crippen LogP contribution in [0.3, 0.4) is 0 Å². The summed E-state index contributed by atoms with van der Waals surface area (Å²) in [5.74, 6) is 1.04. The molecule has 2 nitrogen and oxygen atoms in total. The molecule has 1 rings (SSSR count). The number of rotatable bonds is 5. The predicted octanol–water partition coefficient (Wildman–Crippen LogP) is 3.37. The summed E-state index contributed by atoms with van der Waals surface area (Å²) in [5, 5.41) is 0. The van der Waals surface area contributed by atoms with Gasteiger partial charge < -0.3 is 4.74 Å². The van der Waals surface area contributed by atoms with Crippen molar-refractivity contribution in [3.8, 4) is 5.75 Å². The number of carbonyl (C=O) groups excluding carboxylic acids is 1. The fourth-order valence-electron chi connectivity index (χ4n) is 1.46. The van der Waals surface area contributed by atoms with Gasteiger partial charge in [0.1, 0.15) is 11.5 Å². The van der Waals surface area contributed by atoms with E-state index in [9.17, 15) is 4.79 Å². The quantitative estimate of drug-likeness (QED) is 0.820. The van der Waals surface area contributed by atoms with E-state index in [0.29, 0.717) is 12.8 Å². The van der Waals surface area contributed by atoms with Crippen molar-refractivity contribution in [3.05, 3.63) is 28.2 Å². The van der Waals surface area contributed by atoms with Gasteiger partial charge in [-0.2, -0.15) is 0 Å². The largest absolute Gasteiger partial charge is 0.496 e. The van der Waals surface area contributed by atoms with E-state index in [4.69, 9.17) is 4.74 Å². The van der Waals surface area contributed by atoms with E-state index in [1.54, 1.807) is 7.11 Å². The molecule has 3 heteroatoms. The number of hydrogen-bond acceptors (Lipinski definition) is 2. The summed E-state index contributed by atoms with van der Waals surface area (Å²) in [6.45, 7) is 2.01. The molecule has 0 radical (unpaired) electrons. The van der Waals surface area contributed by atoms with Crippen LogP contribution in [0, 0.1) is 0 Å². The van der Waals surface area contributed by atoms with Crippen molar-refractivity contribution in [2.24, 2.45) is 0 Å². The highest BCUT2D eigenvalue weighted by Gasteiger charge is 2.08. The Bertz CT molecular complexity index is 347. The van der Waals surface area contributed by atoms with Gasteiger partial charge in [0.2, 0.25) is 0 Å². The van der Waals surface area contributed by atoms with Crippen LogP contribution in [-0.2, 0) is 11.2 Å². The number of Topliss-reactive ketones (excluding diaryl/α,β-unsaturated/α-hetero) is 1. The Labute approximate surface area is 98.8 Å².